The molecule has 0 aromatic rings. The van der Waals surface area contributed by atoms with Crippen LogP contribution in [-0.4, -0.2) is 56.0 Å². The van der Waals surface area contributed by atoms with Gasteiger partial charge in [0.1, 0.15) is 12.6 Å². The number of hydrogen-bond donors (Lipinski definition) is 0. The summed E-state index contributed by atoms with van der Waals surface area (Å²) in [5, 5.41) is 0. The summed E-state index contributed by atoms with van der Waals surface area (Å²) < 4.78 is 46.6. The third-order valence-electron chi connectivity index (χ3n) is 2.87. The van der Waals surface area contributed by atoms with Crippen LogP contribution >= 0.6 is 0 Å². The third kappa shape index (κ3) is 5.22. The first-order chi connectivity index (χ1) is 8.29. The Labute approximate surface area is 104 Å². The van der Waals surface area contributed by atoms with Crippen molar-refractivity contribution in [1.82, 2.24) is 4.90 Å². The summed E-state index contributed by atoms with van der Waals surface area (Å²) in [6, 6.07) is -0.923. The largest absolute Gasteiger partial charge is 0.462 e. The number of carbonyl (C=O) groups excluding carboxylic acids is 1. The van der Waals surface area contributed by atoms with Crippen LogP contribution in [0.2, 0.25) is 0 Å². The molecule has 0 radical (unpaired) electrons. The predicted molar refractivity (Wildman–Crippen MR) is 58.1 cm³/mol. The fourth-order valence-corrected chi connectivity index (χ4v) is 1.67. The molecule has 4 nitrogen and oxygen atoms in total. The van der Waals surface area contributed by atoms with E-state index in [0.717, 1.165) is 17.7 Å². The van der Waals surface area contributed by atoms with Crippen molar-refractivity contribution in [3.8, 4) is 0 Å². The van der Waals surface area contributed by atoms with Crippen LogP contribution < -0.4 is 0 Å². The second kappa shape index (κ2) is 6.38. The number of ether oxygens (including phenoxy) is 2. The van der Waals surface area contributed by atoms with Gasteiger partial charge in [-0.05, 0) is 26.8 Å². The van der Waals surface area contributed by atoms with Crippen molar-refractivity contribution in [3.05, 3.63) is 0 Å². The maximum absolute atomic E-state index is 12.1. The topological polar surface area (TPSA) is 38.8 Å². The van der Waals surface area contributed by atoms with Gasteiger partial charge < -0.3 is 9.47 Å². The number of nitrogens with zero attached hydrogens (tertiary/aromatic N) is 1. The van der Waals surface area contributed by atoms with Gasteiger partial charge in [0.25, 0.3) is 0 Å². The minimum absolute atomic E-state index is 0.114. The summed E-state index contributed by atoms with van der Waals surface area (Å²) in [5.41, 5.74) is 0. The van der Waals surface area contributed by atoms with Crippen LogP contribution in [0.25, 0.3) is 0 Å². The van der Waals surface area contributed by atoms with Crippen LogP contribution in [0.3, 0.4) is 0 Å². The molecule has 0 aromatic heterocycles. The molecule has 0 unspecified atom stereocenters. The lowest BCUT2D eigenvalue weighted by molar-refractivity contribution is -0.163. The first-order valence-corrected chi connectivity index (χ1v) is 5.85. The van der Waals surface area contributed by atoms with Gasteiger partial charge in [-0.25, -0.2) is 0 Å². The van der Waals surface area contributed by atoms with Crippen LogP contribution in [0, 0.1) is 0 Å². The molecule has 1 fully saturated rings. The van der Waals surface area contributed by atoms with Gasteiger partial charge in [0, 0.05) is 6.61 Å². The Morgan fingerprint density at radius 2 is 2.22 bits per heavy atom. The zero-order chi connectivity index (χ0) is 13.8. The van der Waals surface area contributed by atoms with E-state index in [0.29, 0.717) is 6.61 Å². The summed E-state index contributed by atoms with van der Waals surface area (Å²) in [7, 11) is 1.24. The van der Waals surface area contributed by atoms with Crippen molar-refractivity contribution in [2.45, 2.75) is 38.1 Å². The van der Waals surface area contributed by atoms with Gasteiger partial charge in [-0.3, -0.25) is 9.69 Å². The smallest absolute Gasteiger partial charge is 0.401 e. The summed E-state index contributed by atoms with van der Waals surface area (Å²) in [6.07, 6.45) is -2.70. The highest BCUT2D eigenvalue weighted by molar-refractivity contribution is 5.75. The molecule has 0 aliphatic carbocycles. The Bertz CT molecular complexity index is 277. The molecule has 0 spiro atoms. The van der Waals surface area contributed by atoms with Crippen molar-refractivity contribution >= 4 is 5.97 Å². The zero-order valence-corrected chi connectivity index (χ0v) is 10.5. The Balaban J connectivity index is 2.31. The normalized spacial score (nSPS) is 22.2. The Kier molecular flexibility index (Phi) is 5.40. The van der Waals surface area contributed by atoms with E-state index in [2.05, 4.69) is 0 Å². The Hall–Kier alpha value is -0.820. The average Bonchev–Trinajstić information content (AvgIpc) is 2.75. The monoisotopic (exact) mass is 269 g/mol. The first kappa shape index (κ1) is 15.2. The molecule has 0 bridgehead atoms. The summed E-state index contributed by atoms with van der Waals surface area (Å²) in [4.78, 5) is 12.5. The fourth-order valence-electron chi connectivity index (χ4n) is 1.67. The molecule has 18 heavy (non-hydrogen) atoms. The van der Waals surface area contributed by atoms with E-state index < -0.39 is 24.7 Å². The molecule has 7 heteroatoms. The quantitative estimate of drug-likeness (QED) is 0.710. The Morgan fingerprint density at radius 3 is 2.72 bits per heavy atom. The van der Waals surface area contributed by atoms with Crippen LogP contribution in [0.15, 0.2) is 0 Å². The standard InChI is InChI=1S/C11H18F3NO3/c1-8(15(2)7-11(12,13)14)10(16)18-6-9-4-3-5-17-9/h8-9H,3-7H2,1-2H3/t8-,9-/m0/s1. The first-order valence-electron chi connectivity index (χ1n) is 5.85. The predicted octanol–water partition coefficient (Wildman–Crippen LogP) is 1.59. The number of halogens is 3. The lowest BCUT2D eigenvalue weighted by Gasteiger charge is -2.24. The van der Waals surface area contributed by atoms with Gasteiger partial charge in [-0.2, -0.15) is 13.2 Å². The summed E-state index contributed by atoms with van der Waals surface area (Å²) in [5.74, 6) is -0.655. The zero-order valence-electron chi connectivity index (χ0n) is 10.5. The molecule has 1 rings (SSSR count). The fraction of sp³-hybridized carbons (Fsp3) is 0.909. The van der Waals surface area contributed by atoms with E-state index in [4.69, 9.17) is 9.47 Å². The van der Waals surface area contributed by atoms with Crippen molar-refractivity contribution in [3.63, 3.8) is 0 Å². The van der Waals surface area contributed by atoms with Gasteiger partial charge >= 0.3 is 12.1 Å². The minimum atomic E-state index is -4.32. The molecule has 1 heterocycles. The van der Waals surface area contributed by atoms with Crippen LogP contribution in [-0.2, 0) is 14.3 Å². The summed E-state index contributed by atoms with van der Waals surface area (Å²) in [6.45, 7) is 1.02. The van der Waals surface area contributed by atoms with Gasteiger partial charge in [-0.15, -0.1) is 0 Å². The maximum atomic E-state index is 12.1. The molecule has 0 N–H and O–H groups in total. The van der Waals surface area contributed by atoms with Gasteiger partial charge in [0.2, 0.25) is 0 Å². The highest BCUT2D eigenvalue weighted by atomic mass is 19.4. The molecule has 0 amide bonds. The second-order valence-electron chi connectivity index (χ2n) is 4.47. The van der Waals surface area contributed by atoms with E-state index in [1.54, 1.807) is 0 Å². The van der Waals surface area contributed by atoms with Crippen LogP contribution in [0.1, 0.15) is 19.8 Å². The average molecular weight is 269 g/mol. The second-order valence-corrected chi connectivity index (χ2v) is 4.47. The highest BCUT2D eigenvalue weighted by Crippen LogP contribution is 2.17. The molecule has 1 aliphatic heterocycles. The van der Waals surface area contributed by atoms with Gasteiger partial charge in [-0.1, -0.05) is 0 Å². The van der Waals surface area contributed by atoms with Crippen molar-refractivity contribution in [2.75, 3.05) is 26.8 Å². The molecule has 1 aliphatic rings. The number of rotatable bonds is 5. The van der Waals surface area contributed by atoms with Gasteiger partial charge in [0.05, 0.1) is 12.6 Å². The van der Waals surface area contributed by atoms with E-state index >= 15 is 0 Å². The molecule has 0 aromatic carbocycles. The SMILES string of the molecule is C[C@@H](C(=O)OC[C@@H]1CCCO1)N(C)CC(F)(F)F. The lowest BCUT2D eigenvalue weighted by atomic mass is 10.2. The molecule has 2 atom stereocenters. The molecule has 0 saturated carbocycles. The molecular formula is C11H18F3NO3. The minimum Gasteiger partial charge on any atom is -0.462 e. The third-order valence-corrected chi connectivity index (χ3v) is 2.87. The van der Waals surface area contributed by atoms with Gasteiger partial charge in [0.15, 0.2) is 0 Å². The van der Waals surface area contributed by atoms with E-state index in [-0.39, 0.29) is 12.7 Å². The van der Waals surface area contributed by atoms with E-state index in [1.165, 1.54) is 14.0 Å². The lowest BCUT2D eigenvalue weighted by Crippen LogP contribution is -2.43. The van der Waals surface area contributed by atoms with Crippen LogP contribution in [0.5, 0.6) is 0 Å². The Morgan fingerprint density at radius 1 is 1.56 bits per heavy atom. The molecule has 1 saturated heterocycles. The molecule has 106 valence electrons. The number of likely N-dealkylation sites (N-methyl/N-ethyl adjacent to an activating group) is 1. The molecular weight excluding hydrogens is 251 g/mol. The number of carbonyl (C=O) groups is 1. The van der Waals surface area contributed by atoms with E-state index in [1.807, 2.05) is 0 Å². The highest BCUT2D eigenvalue weighted by Gasteiger charge is 2.33. The maximum Gasteiger partial charge on any atom is 0.401 e. The number of esters is 1. The van der Waals surface area contributed by atoms with Crippen LogP contribution in [0.4, 0.5) is 13.2 Å². The van der Waals surface area contributed by atoms with E-state index in [9.17, 15) is 18.0 Å². The van der Waals surface area contributed by atoms with Crippen molar-refractivity contribution < 1.29 is 27.4 Å². The van der Waals surface area contributed by atoms with Crippen molar-refractivity contribution in [2.24, 2.45) is 0 Å². The van der Waals surface area contributed by atoms with Crippen molar-refractivity contribution in [1.29, 1.82) is 0 Å². The summed E-state index contributed by atoms with van der Waals surface area (Å²) >= 11 is 0. The number of hydrogen-bond acceptors (Lipinski definition) is 4. The number of alkyl halides is 3.